The van der Waals surface area contributed by atoms with E-state index in [0.717, 1.165) is 5.56 Å². The molecular weight excluding hydrogens is 551 g/mol. The van der Waals surface area contributed by atoms with E-state index in [0.29, 0.717) is 0 Å². The number of hydrogen-bond donors (Lipinski definition) is 4. The van der Waals surface area contributed by atoms with Crippen molar-refractivity contribution in [3.8, 4) is 12.3 Å². The van der Waals surface area contributed by atoms with Crippen molar-refractivity contribution < 1.29 is 41.9 Å². The third kappa shape index (κ3) is 13.7. The molecule has 0 aromatic heterocycles. The molecule has 4 N–H and O–H groups in total. The Balaban J connectivity index is 2.60. The molecule has 1 aromatic carbocycles. The van der Waals surface area contributed by atoms with Crippen molar-refractivity contribution in [3.63, 3.8) is 0 Å². The van der Waals surface area contributed by atoms with Gasteiger partial charge in [-0.05, 0) is 43.7 Å². The van der Waals surface area contributed by atoms with Gasteiger partial charge in [-0.25, -0.2) is 4.79 Å². The lowest BCUT2D eigenvalue weighted by Gasteiger charge is -2.19. The van der Waals surface area contributed by atoms with Crippen LogP contribution in [0.25, 0.3) is 10.4 Å². The summed E-state index contributed by atoms with van der Waals surface area (Å²) in [6, 6.07) is 5.20. The van der Waals surface area contributed by atoms with Crippen molar-refractivity contribution in [2.45, 2.75) is 56.9 Å². The van der Waals surface area contributed by atoms with Crippen molar-refractivity contribution in [1.29, 1.82) is 0 Å². The molecule has 0 aliphatic rings. The van der Waals surface area contributed by atoms with Gasteiger partial charge in [-0.2, -0.15) is 13.2 Å². The van der Waals surface area contributed by atoms with Crippen molar-refractivity contribution in [1.82, 2.24) is 21.3 Å². The molecule has 0 radical (unpaired) electrons. The van der Waals surface area contributed by atoms with Gasteiger partial charge in [0.2, 0.25) is 11.8 Å². The van der Waals surface area contributed by atoms with Crippen LogP contribution < -0.4 is 21.3 Å². The maximum absolute atomic E-state index is 12.5. The molecule has 0 unspecified atom stereocenters. The number of nitrogens with zero attached hydrogens (tertiary/aromatic N) is 3. The van der Waals surface area contributed by atoms with Gasteiger partial charge in [-0.15, -0.1) is 6.42 Å². The van der Waals surface area contributed by atoms with Crippen LogP contribution >= 0.6 is 0 Å². The van der Waals surface area contributed by atoms with E-state index in [4.69, 9.17) is 16.7 Å². The molecule has 16 heteroatoms. The van der Waals surface area contributed by atoms with Crippen LogP contribution in [0.15, 0.2) is 35.4 Å². The molecule has 4 amide bonds. The second kappa shape index (κ2) is 17.7. The van der Waals surface area contributed by atoms with Gasteiger partial charge < -0.3 is 26.0 Å². The monoisotopic (exact) mass is 581 g/mol. The first kappa shape index (κ1) is 34.3. The number of carbonyl (C=O) groups excluding carboxylic acids is 5. The lowest BCUT2D eigenvalue weighted by Crippen LogP contribution is -2.49. The minimum absolute atomic E-state index is 0.0212. The van der Waals surface area contributed by atoms with Crippen LogP contribution in [0.1, 0.15) is 31.7 Å². The second-order valence-corrected chi connectivity index (χ2v) is 8.54. The summed E-state index contributed by atoms with van der Waals surface area (Å²) in [5, 5.41) is 12.2. The van der Waals surface area contributed by atoms with E-state index in [9.17, 15) is 37.1 Å². The number of rotatable bonds is 16. The Morgan fingerprint density at radius 2 is 1.76 bits per heavy atom. The predicted octanol–water partition coefficient (Wildman–Crippen LogP) is 1.04. The van der Waals surface area contributed by atoms with Crippen LogP contribution in [0.4, 0.5) is 13.2 Å². The van der Waals surface area contributed by atoms with Gasteiger partial charge in [0.15, 0.2) is 6.61 Å². The SMILES string of the molecule is C#CCNC(=O)[C@H](CCCCNC(=O)C(F)(F)F)NC(=O)COC(=O)[C@H](C)NC(=O)[C@H](Cc1ccccc1)N=[N+]=[N-]. The van der Waals surface area contributed by atoms with Crippen LogP contribution in [0.2, 0.25) is 0 Å². The van der Waals surface area contributed by atoms with Gasteiger partial charge in [0.1, 0.15) is 18.1 Å². The number of carbonyl (C=O) groups is 5. The van der Waals surface area contributed by atoms with E-state index in [1.165, 1.54) is 6.92 Å². The molecule has 0 fully saturated rings. The van der Waals surface area contributed by atoms with E-state index in [1.54, 1.807) is 35.6 Å². The van der Waals surface area contributed by atoms with Crippen molar-refractivity contribution >= 4 is 29.6 Å². The third-order valence-corrected chi connectivity index (χ3v) is 5.30. The Labute approximate surface area is 233 Å². The molecular formula is C25H30F3N7O6. The van der Waals surface area contributed by atoms with Gasteiger partial charge in [0.05, 0.1) is 6.54 Å². The Morgan fingerprint density at radius 3 is 2.37 bits per heavy atom. The average Bonchev–Trinajstić information content (AvgIpc) is 2.93. The fourth-order valence-corrected chi connectivity index (χ4v) is 3.26. The molecule has 0 bridgehead atoms. The molecule has 0 saturated carbocycles. The molecule has 13 nitrogen and oxygen atoms in total. The summed E-state index contributed by atoms with van der Waals surface area (Å²) >= 11 is 0. The number of nitrogens with one attached hydrogen (secondary N) is 4. The number of azide groups is 1. The number of hydrogen-bond acceptors (Lipinski definition) is 7. The van der Waals surface area contributed by atoms with Crippen molar-refractivity contribution in [2.24, 2.45) is 5.11 Å². The lowest BCUT2D eigenvalue weighted by atomic mass is 10.1. The topological polar surface area (TPSA) is 191 Å². The first-order valence-electron chi connectivity index (χ1n) is 12.3. The Bertz CT molecular complexity index is 1150. The van der Waals surface area contributed by atoms with Crippen LogP contribution in [-0.2, 0) is 35.1 Å². The Morgan fingerprint density at radius 1 is 1.07 bits per heavy atom. The number of ether oxygens (including phenoxy) is 1. The van der Waals surface area contributed by atoms with E-state index >= 15 is 0 Å². The maximum atomic E-state index is 12.5. The number of unbranched alkanes of at least 4 members (excludes halogenated alkanes) is 1. The van der Waals surface area contributed by atoms with Crippen LogP contribution in [0.3, 0.4) is 0 Å². The average molecular weight is 582 g/mol. The smallest absolute Gasteiger partial charge is 0.454 e. The van der Waals surface area contributed by atoms with Gasteiger partial charge >= 0.3 is 18.1 Å². The zero-order valence-corrected chi connectivity index (χ0v) is 22.1. The molecule has 0 aliphatic heterocycles. The standard InChI is InChI=1S/C25H30F3N7O6/c1-3-12-30-21(37)18(11-7-8-13-31-24(40)25(26,27)28)33-20(36)15-41-23(39)16(2)32-22(38)19(34-35-29)14-17-9-5-4-6-10-17/h1,4-6,9-10,16,18-19H,7-8,11-15H2,2H3,(H,30,37)(H,31,40)(H,32,38)(H,33,36)/t16-,18-,19-/m0/s1. The number of benzene rings is 1. The Hall–Kier alpha value is -4.77. The maximum Gasteiger partial charge on any atom is 0.471 e. The zero-order valence-electron chi connectivity index (χ0n) is 22.1. The van der Waals surface area contributed by atoms with Crippen LogP contribution in [0, 0.1) is 12.3 Å². The number of terminal acetylenes is 1. The molecule has 41 heavy (non-hydrogen) atoms. The molecule has 0 heterocycles. The first-order chi connectivity index (χ1) is 19.4. The first-order valence-corrected chi connectivity index (χ1v) is 12.3. The highest BCUT2D eigenvalue weighted by Crippen LogP contribution is 2.14. The van der Waals surface area contributed by atoms with E-state index in [-0.39, 0.29) is 38.8 Å². The predicted molar refractivity (Wildman–Crippen MR) is 138 cm³/mol. The Kier molecular flexibility index (Phi) is 14.8. The van der Waals surface area contributed by atoms with Gasteiger partial charge in [0, 0.05) is 11.5 Å². The summed E-state index contributed by atoms with van der Waals surface area (Å²) in [6.07, 6.45) is 0.366. The van der Waals surface area contributed by atoms with Crippen molar-refractivity contribution in [2.75, 3.05) is 19.7 Å². The molecule has 222 valence electrons. The number of halogens is 3. The highest BCUT2D eigenvalue weighted by atomic mass is 19.4. The quantitative estimate of drug-likeness (QED) is 0.0563. The van der Waals surface area contributed by atoms with Crippen LogP contribution in [-0.4, -0.2) is 73.6 Å². The number of esters is 1. The number of amides is 4. The summed E-state index contributed by atoms with van der Waals surface area (Å²) in [4.78, 5) is 63.0. The van der Waals surface area contributed by atoms with Gasteiger partial charge in [-0.3, -0.25) is 19.2 Å². The van der Waals surface area contributed by atoms with Crippen LogP contribution in [0.5, 0.6) is 0 Å². The number of alkyl halides is 3. The van der Waals surface area contributed by atoms with Gasteiger partial charge in [0.25, 0.3) is 5.91 Å². The molecule has 0 spiro atoms. The van der Waals surface area contributed by atoms with E-state index < -0.39 is 60.5 Å². The summed E-state index contributed by atoms with van der Waals surface area (Å²) in [6.45, 7) is 0.0169. The largest absolute Gasteiger partial charge is 0.471 e. The highest BCUT2D eigenvalue weighted by molar-refractivity contribution is 5.90. The minimum Gasteiger partial charge on any atom is -0.454 e. The summed E-state index contributed by atoms with van der Waals surface area (Å²) < 4.78 is 41.6. The second-order valence-electron chi connectivity index (χ2n) is 8.54. The molecule has 3 atom stereocenters. The minimum atomic E-state index is -5.02. The molecule has 1 rings (SSSR count). The molecule has 0 aliphatic carbocycles. The molecule has 0 saturated heterocycles. The van der Waals surface area contributed by atoms with Gasteiger partial charge in [-0.1, -0.05) is 41.4 Å². The fourth-order valence-electron chi connectivity index (χ4n) is 3.26. The summed E-state index contributed by atoms with van der Waals surface area (Å²) in [5.74, 6) is -3.19. The van der Waals surface area contributed by atoms with E-state index in [2.05, 4.69) is 31.9 Å². The third-order valence-electron chi connectivity index (χ3n) is 5.30. The summed E-state index contributed by atoms with van der Waals surface area (Å²) in [7, 11) is 0. The molecule has 1 aromatic rings. The summed E-state index contributed by atoms with van der Waals surface area (Å²) in [5.41, 5.74) is 9.51. The normalized spacial score (nSPS) is 12.8. The zero-order chi connectivity index (χ0) is 30.8. The van der Waals surface area contributed by atoms with E-state index in [1.807, 2.05) is 0 Å². The lowest BCUT2D eigenvalue weighted by molar-refractivity contribution is -0.173. The highest BCUT2D eigenvalue weighted by Gasteiger charge is 2.38. The fraction of sp³-hybridized carbons (Fsp3) is 0.480. The van der Waals surface area contributed by atoms with Crippen molar-refractivity contribution in [3.05, 3.63) is 46.3 Å².